The predicted octanol–water partition coefficient (Wildman–Crippen LogP) is 1.94. The second-order valence-corrected chi connectivity index (χ2v) is 3.08. The molecular weight excluding hydrogens is 150 g/mol. The normalized spacial score (nSPS) is 16.1. The summed E-state index contributed by atoms with van der Waals surface area (Å²) in [4.78, 5) is 0. The molecule has 0 amide bonds. The molecule has 64 valence electrons. The summed E-state index contributed by atoms with van der Waals surface area (Å²) in [6.07, 6.45) is 0. The van der Waals surface area contributed by atoms with Gasteiger partial charge in [-0.1, -0.05) is 12.1 Å². The molecule has 0 bridgehead atoms. The number of aryl methyl sites for hydroxylation is 1. The zero-order valence-corrected chi connectivity index (χ0v) is 7.26. The standard InChI is InChI=1S/C10H13NO/c1-8-3-2-4-10-9(8)7-12-6-5-11-10/h2-4,11H,5-7H2,1H3. The molecule has 2 rings (SSSR count). The van der Waals surface area contributed by atoms with Gasteiger partial charge in [-0.05, 0) is 18.6 Å². The van der Waals surface area contributed by atoms with Crippen LogP contribution in [0, 0.1) is 6.92 Å². The highest BCUT2D eigenvalue weighted by Crippen LogP contribution is 2.21. The van der Waals surface area contributed by atoms with Gasteiger partial charge in [0.25, 0.3) is 0 Å². The van der Waals surface area contributed by atoms with Crippen LogP contribution < -0.4 is 5.32 Å². The van der Waals surface area contributed by atoms with Crippen LogP contribution in [0.2, 0.25) is 0 Å². The molecule has 1 aromatic carbocycles. The minimum absolute atomic E-state index is 0.745. The van der Waals surface area contributed by atoms with Gasteiger partial charge in [0.15, 0.2) is 0 Å². The molecule has 0 atom stereocenters. The maximum Gasteiger partial charge on any atom is 0.0740 e. The minimum atomic E-state index is 0.745. The Labute approximate surface area is 72.5 Å². The van der Waals surface area contributed by atoms with Crippen LogP contribution in [-0.4, -0.2) is 13.2 Å². The molecule has 12 heavy (non-hydrogen) atoms. The zero-order chi connectivity index (χ0) is 8.39. The highest BCUT2D eigenvalue weighted by atomic mass is 16.5. The molecule has 1 aliphatic rings. The summed E-state index contributed by atoms with van der Waals surface area (Å²) in [5.74, 6) is 0. The number of hydrogen-bond donors (Lipinski definition) is 1. The molecule has 0 fully saturated rings. The average Bonchev–Trinajstić information content (AvgIpc) is 2.30. The fraction of sp³-hybridized carbons (Fsp3) is 0.400. The Bertz CT molecular complexity index is 283. The minimum Gasteiger partial charge on any atom is -0.382 e. The molecule has 0 aromatic heterocycles. The lowest BCUT2D eigenvalue weighted by atomic mass is 10.1. The van der Waals surface area contributed by atoms with Crippen molar-refractivity contribution in [1.82, 2.24) is 0 Å². The number of rotatable bonds is 0. The Morgan fingerprint density at radius 3 is 3.25 bits per heavy atom. The molecular formula is C10H13NO. The van der Waals surface area contributed by atoms with E-state index in [9.17, 15) is 0 Å². The summed E-state index contributed by atoms with van der Waals surface area (Å²) >= 11 is 0. The molecule has 0 saturated carbocycles. The van der Waals surface area contributed by atoms with Crippen LogP contribution >= 0.6 is 0 Å². The van der Waals surface area contributed by atoms with E-state index in [-0.39, 0.29) is 0 Å². The topological polar surface area (TPSA) is 21.3 Å². The molecule has 1 N–H and O–H groups in total. The van der Waals surface area contributed by atoms with Crippen LogP contribution in [0.15, 0.2) is 18.2 Å². The van der Waals surface area contributed by atoms with Crippen molar-refractivity contribution in [2.45, 2.75) is 13.5 Å². The monoisotopic (exact) mass is 163 g/mol. The molecule has 0 unspecified atom stereocenters. The van der Waals surface area contributed by atoms with E-state index in [1.807, 2.05) is 0 Å². The predicted molar refractivity (Wildman–Crippen MR) is 49.3 cm³/mol. The van der Waals surface area contributed by atoms with Gasteiger partial charge in [0, 0.05) is 17.8 Å². The molecule has 1 aromatic rings. The van der Waals surface area contributed by atoms with Crippen LogP contribution in [0.25, 0.3) is 0 Å². The summed E-state index contributed by atoms with van der Waals surface area (Å²) in [5, 5.41) is 3.34. The summed E-state index contributed by atoms with van der Waals surface area (Å²) in [6.45, 7) is 4.58. The van der Waals surface area contributed by atoms with E-state index in [0.29, 0.717) is 0 Å². The number of benzene rings is 1. The smallest absolute Gasteiger partial charge is 0.0740 e. The van der Waals surface area contributed by atoms with Crippen molar-refractivity contribution in [1.29, 1.82) is 0 Å². The molecule has 0 aliphatic carbocycles. The van der Waals surface area contributed by atoms with Crippen molar-refractivity contribution < 1.29 is 4.74 Å². The summed E-state index contributed by atoms with van der Waals surface area (Å²) in [5.41, 5.74) is 3.84. The van der Waals surface area contributed by atoms with Crippen LogP contribution in [0.3, 0.4) is 0 Å². The summed E-state index contributed by atoms with van der Waals surface area (Å²) in [6, 6.07) is 6.30. The van der Waals surface area contributed by atoms with Gasteiger partial charge in [0.05, 0.1) is 13.2 Å². The van der Waals surface area contributed by atoms with Gasteiger partial charge in [0.2, 0.25) is 0 Å². The van der Waals surface area contributed by atoms with Gasteiger partial charge in [-0.3, -0.25) is 0 Å². The third kappa shape index (κ3) is 1.30. The first-order valence-electron chi connectivity index (χ1n) is 4.28. The fourth-order valence-electron chi connectivity index (χ4n) is 1.49. The number of hydrogen-bond acceptors (Lipinski definition) is 2. The molecule has 0 spiro atoms. The highest BCUT2D eigenvalue weighted by molar-refractivity contribution is 5.54. The van der Waals surface area contributed by atoms with E-state index >= 15 is 0 Å². The van der Waals surface area contributed by atoms with Gasteiger partial charge in [-0.25, -0.2) is 0 Å². The van der Waals surface area contributed by atoms with Gasteiger partial charge >= 0.3 is 0 Å². The van der Waals surface area contributed by atoms with Crippen LogP contribution in [0.5, 0.6) is 0 Å². The first kappa shape index (κ1) is 7.62. The van der Waals surface area contributed by atoms with E-state index in [1.54, 1.807) is 0 Å². The number of ether oxygens (including phenoxy) is 1. The van der Waals surface area contributed by atoms with Crippen LogP contribution in [0.1, 0.15) is 11.1 Å². The van der Waals surface area contributed by atoms with Gasteiger partial charge in [-0.2, -0.15) is 0 Å². The molecule has 2 nitrogen and oxygen atoms in total. The van der Waals surface area contributed by atoms with Crippen molar-refractivity contribution in [3.8, 4) is 0 Å². The largest absolute Gasteiger partial charge is 0.382 e. The van der Waals surface area contributed by atoms with Gasteiger partial charge in [0.1, 0.15) is 0 Å². The summed E-state index contributed by atoms with van der Waals surface area (Å²) < 4.78 is 5.44. The van der Waals surface area contributed by atoms with Gasteiger partial charge in [-0.15, -0.1) is 0 Å². The summed E-state index contributed by atoms with van der Waals surface area (Å²) in [7, 11) is 0. The maximum atomic E-state index is 5.44. The van der Waals surface area contributed by atoms with Crippen molar-refractivity contribution in [2.24, 2.45) is 0 Å². The highest BCUT2D eigenvalue weighted by Gasteiger charge is 2.08. The van der Waals surface area contributed by atoms with Crippen molar-refractivity contribution in [2.75, 3.05) is 18.5 Å². The third-order valence-electron chi connectivity index (χ3n) is 2.22. The lowest BCUT2D eigenvalue weighted by Crippen LogP contribution is -2.04. The zero-order valence-electron chi connectivity index (χ0n) is 7.26. The molecule has 0 saturated heterocycles. The van der Waals surface area contributed by atoms with Crippen LogP contribution in [0.4, 0.5) is 5.69 Å². The molecule has 2 heteroatoms. The van der Waals surface area contributed by atoms with Crippen LogP contribution in [-0.2, 0) is 11.3 Å². The quantitative estimate of drug-likeness (QED) is 0.631. The SMILES string of the molecule is Cc1cccc2c1COCCN2. The van der Waals surface area contributed by atoms with Gasteiger partial charge < -0.3 is 10.1 Å². The average molecular weight is 163 g/mol. The first-order chi connectivity index (χ1) is 5.88. The number of nitrogens with one attached hydrogen (secondary N) is 1. The van der Waals surface area contributed by atoms with Crippen molar-refractivity contribution >= 4 is 5.69 Å². The molecule has 0 radical (unpaired) electrons. The molecule has 1 aliphatic heterocycles. The van der Waals surface area contributed by atoms with E-state index in [1.165, 1.54) is 16.8 Å². The Morgan fingerprint density at radius 1 is 1.42 bits per heavy atom. The van der Waals surface area contributed by atoms with E-state index < -0.39 is 0 Å². The Morgan fingerprint density at radius 2 is 2.33 bits per heavy atom. The maximum absolute atomic E-state index is 5.44. The third-order valence-corrected chi connectivity index (χ3v) is 2.22. The second kappa shape index (κ2) is 3.15. The lowest BCUT2D eigenvalue weighted by Gasteiger charge is -2.08. The lowest BCUT2D eigenvalue weighted by molar-refractivity contribution is 0.134. The Balaban J connectivity index is 2.42. The molecule has 1 heterocycles. The fourth-order valence-corrected chi connectivity index (χ4v) is 1.49. The van der Waals surface area contributed by atoms with E-state index in [0.717, 1.165) is 19.8 Å². The first-order valence-corrected chi connectivity index (χ1v) is 4.28. The number of anilines is 1. The number of fused-ring (bicyclic) bond motifs is 1. The Kier molecular flexibility index (Phi) is 2.00. The van der Waals surface area contributed by atoms with Crippen molar-refractivity contribution in [3.05, 3.63) is 29.3 Å². The van der Waals surface area contributed by atoms with E-state index in [2.05, 4.69) is 30.4 Å². The van der Waals surface area contributed by atoms with Crippen molar-refractivity contribution in [3.63, 3.8) is 0 Å². The second-order valence-electron chi connectivity index (χ2n) is 3.08. The van der Waals surface area contributed by atoms with E-state index in [4.69, 9.17) is 4.74 Å². The Hall–Kier alpha value is -1.02.